The minimum Gasteiger partial charge on any atom is -0.489 e. The van der Waals surface area contributed by atoms with E-state index in [9.17, 15) is 0 Å². The summed E-state index contributed by atoms with van der Waals surface area (Å²) in [6.07, 6.45) is 2.74. The molecule has 2 aromatic rings. The second kappa shape index (κ2) is 7.50. The topological polar surface area (TPSA) is 43.4 Å². The first-order chi connectivity index (χ1) is 9.81. The van der Waals surface area contributed by atoms with E-state index in [-0.39, 0.29) is 0 Å². The van der Waals surface area contributed by atoms with Gasteiger partial charge in [-0.25, -0.2) is 4.98 Å². The molecule has 0 aliphatic rings. The van der Waals surface area contributed by atoms with Crippen LogP contribution in [0.1, 0.15) is 11.1 Å². The Morgan fingerprint density at radius 1 is 1.05 bits per heavy atom. The Hall–Kier alpha value is -2.07. The van der Waals surface area contributed by atoms with Gasteiger partial charge >= 0.3 is 0 Å². The lowest BCUT2D eigenvalue weighted by molar-refractivity contribution is 0.202. The van der Waals surface area contributed by atoms with Crippen molar-refractivity contribution in [3.63, 3.8) is 0 Å². The zero-order valence-corrected chi connectivity index (χ0v) is 11.9. The molecule has 1 aromatic heterocycles. The standard InChI is InChI=1S/C16H20N2O2/c1-17-16-8-5-14(11-18-16)12-20-15-6-3-13(4-7-15)9-10-19-2/h3-8,11H,9-10,12H2,1-2H3,(H,17,18). The van der Waals surface area contributed by atoms with Crippen LogP contribution in [0.25, 0.3) is 0 Å². The molecule has 1 heterocycles. The fourth-order valence-electron chi connectivity index (χ4n) is 1.80. The van der Waals surface area contributed by atoms with Gasteiger partial charge in [-0.3, -0.25) is 0 Å². The average molecular weight is 272 g/mol. The monoisotopic (exact) mass is 272 g/mol. The van der Waals surface area contributed by atoms with Gasteiger partial charge in [0.25, 0.3) is 0 Å². The SMILES string of the molecule is CNc1ccc(COc2ccc(CCOC)cc2)cn1. The van der Waals surface area contributed by atoms with Gasteiger partial charge in [0, 0.05) is 25.9 Å². The molecular formula is C16H20N2O2. The molecule has 4 nitrogen and oxygen atoms in total. The molecule has 0 spiro atoms. The lowest BCUT2D eigenvalue weighted by Gasteiger charge is -2.08. The molecule has 106 valence electrons. The maximum Gasteiger partial charge on any atom is 0.125 e. The largest absolute Gasteiger partial charge is 0.489 e. The summed E-state index contributed by atoms with van der Waals surface area (Å²) in [5, 5.41) is 2.99. The smallest absolute Gasteiger partial charge is 0.125 e. The molecule has 2 rings (SSSR count). The molecule has 0 unspecified atom stereocenters. The van der Waals surface area contributed by atoms with Crippen molar-refractivity contribution in [3.8, 4) is 5.75 Å². The van der Waals surface area contributed by atoms with E-state index in [1.165, 1.54) is 5.56 Å². The summed E-state index contributed by atoms with van der Waals surface area (Å²) >= 11 is 0. The van der Waals surface area contributed by atoms with E-state index >= 15 is 0 Å². The Bertz CT molecular complexity index is 509. The van der Waals surface area contributed by atoms with E-state index in [2.05, 4.69) is 22.4 Å². The summed E-state index contributed by atoms with van der Waals surface area (Å²) < 4.78 is 10.8. The quantitative estimate of drug-likeness (QED) is 0.841. The summed E-state index contributed by atoms with van der Waals surface area (Å²) in [6, 6.07) is 12.0. The second-order valence-corrected chi connectivity index (χ2v) is 4.48. The Balaban J connectivity index is 1.86. The van der Waals surface area contributed by atoms with Gasteiger partial charge in [0.05, 0.1) is 6.61 Å². The van der Waals surface area contributed by atoms with Crippen molar-refractivity contribution in [2.45, 2.75) is 13.0 Å². The molecule has 0 amide bonds. The van der Waals surface area contributed by atoms with Gasteiger partial charge in [-0.15, -0.1) is 0 Å². The van der Waals surface area contributed by atoms with Crippen LogP contribution in [-0.2, 0) is 17.8 Å². The molecule has 0 atom stereocenters. The number of aromatic nitrogens is 1. The number of nitrogens with one attached hydrogen (secondary N) is 1. The average Bonchev–Trinajstić information content (AvgIpc) is 2.52. The van der Waals surface area contributed by atoms with Crippen LogP contribution in [0.4, 0.5) is 5.82 Å². The fourth-order valence-corrected chi connectivity index (χ4v) is 1.80. The van der Waals surface area contributed by atoms with Gasteiger partial charge in [0.15, 0.2) is 0 Å². The third-order valence-corrected chi connectivity index (χ3v) is 3.00. The lowest BCUT2D eigenvalue weighted by Crippen LogP contribution is -1.98. The molecule has 4 heteroatoms. The van der Waals surface area contributed by atoms with E-state index in [4.69, 9.17) is 9.47 Å². The minimum absolute atomic E-state index is 0.522. The molecule has 0 fully saturated rings. The fraction of sp³-hybridized carbons (Fsp3) is 0.312. The third-order valence-electron chi connectivity index (χ3n) is 3.00. The van der Waals surface area contributed by atoms with Crippen LogP contribution < -0.4 is 10.1 Å². The van der Waals surface area contributed by atoms with Crippen molar-refractivity contribution in [3.05, 3.63) is 53.7 Å². The van der Waals surface area contributed by atoms with Gasteiger partial charge in [-0.05, 0) is 30.2 Å². The first-order valence-electron chi connectivity index (χ1n) is 6.65. The van der Waals surface area contributed by atoms with Crippen molar-refractivity contribution in [1.29, 1.82) is 0 Å². The van der Waals surface area contributed by atoms with E-state index in [1.807, 2.05) is 37.5 Å². The highest BCUT2D eigenvalue weighted by atomic mass is 16.5. The molecule has 0 bridgehead atoms. The molecule has 0 radical (unpaired) electrons. The summed E-state index contributed by atoms with van der Waals surface area (Å²) in [6.45, 7) is 1.26. The van der Waals surface area contributed by atoms with E-state index < -0.39 is 0 Å². The highest BCUT2D eigenvalue weighted by Crippen LogP contribution is 2.15. The summed E-state index contributed by atoms with van der Waals surface area (Å²) in [7, 11) is 3.56. The first-order valence-corrected chi connectivity index (χ1v) is 6.65. The Morgan fingerprint density at radius 2 is 1.80 bits per heavy atom. The molecule has 0 aliphatic heterocycles. The number of pyridine rings is 1. The number of hydrogen-bond acceptors (Lipinski definition) is 4. The highest BCUT2D eigenvalue weighted by Gasteiger charge is 1.98. The van der Waals surface area contributed by atoms with Gasteiger partial charge in [-0.1, -0.05) is 18.2 Å². The number of rotatable bonds is 7. The molecule has 1 N–H and O–H groups in total. The van der Waals surface area contributed by atoms with E-state index in [0.717, 1.165) is 30.2 Å². The number of methoxy groups -OCH3 is 1. The number of nitrogens with zero attached hydrogens (tertiary/aromatic N) is 1. The molecular weight excluding hydrogens is 252 g/mol. The van der Waals surface area contributed by atoms with Crippen molar-refractivity contribution < 1.29 is 9.47 Å². The van der Waals surface area contributed by atoms with Gasteiger partial charge in [-0.2, -0.15) is 0 Å². The van der Waals surface area contributed by atoms with Crippen LogP contribution in [0.3, 0.4) is 0 Å². The van der Waals surface area contributed by atoms with Crippen molar-refractivity contribution in [1.82, 2.24) is 4.98 Å². The molecule has 0 saturated heterocycles. The van der Waals surface area contributed by atoms with Crippen LogP contribution in [0.15, 0.2) is 42.6 Å². The van der Waals surface area contributed by atoms with Crippen molar-refractivity contribution in [2.24, 2.45) is 0 Å². The Labute approximate surface area is 119 Å². The van der Waals surface area contributed by atoms with Gasteiger partial charge in [0.1, 0.15) is 18.2 Å². The van der Waals surface area contributed by atoms with Gasteiger partial charge < -0.3 is 14.8 Å². The third kappa shape index (κ3) is 4.24. The number of anilines is 1. The Morgan fingerprint density at radius 3 is 2.40 bits per heavy atom. The zero-order valence-electron chi connectivity index (χ0n) is 11.9. The van der Waals surface area contributed by atoms with Crippen molar-refractivity contribution in [2.75, 3.05) is 26.1 Å². The number of benzene rings is 1. The second-order valence-electron chi connectivity index (χ2n) is 4.48. The van der Waals surface area contributed by atoms with Crippen LogP contribution in [0.5, 0.6) is 5.75 Å². The van der Waals surface area contributed by atoms with E-state index in [1.54, 1.807) is 7.11 Å². The maximum absolute atomic E-state index is 5.73. The molecule has 0 saturated carbocycles. The highest BCUT2D eigenvalue weighted by molar-refractivity contribution is 5.34. The summed E-state index contributed by atoms with van der Waals surface area (Å²) in [5.74, 6) is 1.72. The van der Waals surface area contributed by atoms with Crippen LogP contribution >= 0.6 is 0 Å². The van der Waals surface area contributed by atoms with E-state index in [0.29, 0.717) is 6.61 Å². The number of hydrogen-bond donors (Lipinski definition) is 1. The normalized spacial score (nSPS) is 10.3. The van der Waals surface area contributed by atoms with Crippen molar-refractivity contribution >= 4 is 5.82 Å². The first kappa shape index (κ1) is 14.3. The van der Waals surface area contributed by atoms with Crippen LogP contribution in [0.2, 0.25) is 0 Å². The molecule has 0 aliphatic carbocycles. The summed E-state index contributed by atoms with van der Waals surface area (Å²) in [5.41, 5.74) is 2.30. The predicted molar refractivity (Wildman–Crippen MR) is 80.1 cm³/mol. The van der Waals surface area contributed by atoms with Crippen LogP contribution in [0, 0.1) is 0 Å². The molecule has 1 aromatic carbocycles. The number of ether oxygens (including phenoxy) is 2. The lowest BCUT2D eigenvalue weighted by atomic mass is 10.1. The molecule has 20 heavy (non-hydrogen) atoms. The predicted octanol–water partition coefficient (Wildman–Crippen LogP) is 2.89. The Kier molecular flexibility index (Phi) is 5.38. The zero-order chi connectivity index (χ0) is 14.2. The summed E-state index contributed by atoms with van der Waals surface area (Å²) in [4.78, 5) is 4.25. The maximum atomic E-state index is 5.73. The van der Waals surface area contributed by atoms with Crippen LogP contribution in [-0.4, -0.2) is 25.7 Å². The van der Waals surface area contributed by atoms with Gasteiger partial charge in [0.2, 0.25) is 0 Å². The minimum atomic E-state index is 0.522.